The van der Waals surface area contributed by atoms with Gasteiger partial charge >= 0.3 is 0 Å². The molecule has 0 aromatic carbocycles. The second-order valence-corrected chi connectivity index (χ2v) is 7.01. The van der Waals surface area contributed by atoms with Gasteiger partial charge in [0.2, 0.25) is 0 Å². The summed E-state index contributed by atoms with van der Waals surface area (Å²) in [6.45, 7) is 9.06. The molecule has 0 radical (unpaired) electrons. The van der Waals surface area contributed by atoms with Crippen LogP contribution < -0.4 is 5.73 Å². The molecule has 0 spiro atoms. The van der Waals surface area contributed by atoms with E-state index in [9.17, 15) is 0 Å². The molecule has 1 aromatic rings. The summed E-state index contributed by atoms with van der Waals surface area (Å²) in [5.74, 6) is 1.84. The van der Waals surface area contributed by atoms with Crippen LogP contribution in [-0.4, -0.2) is 44.8 Å². The predicted octanol–water partition coefficient (Wildman–Crippen LogP) is 1.68. The maximum absolute atomic E-state index is 5.60. The van der Waals surface area contributed by atoms with Crippen molar-refractivity contribution in [2.75, 3.05) is 31.1 Å². The Kier molecular flexibility index (Phi) is 3.99. The van der Waals surface area contributed by atoms with Gasteiger partial charge in [-0.15, -0.1) is 0 Å². The second kappa shape index (κ2) is 5.31. The van der Waals surface area contributed by atoms with E-state index < -0.39 is 0 Å². The fraction of sp³-hybridized carbons (Fsp3) is 0.750. The first-order valence-electron chi connectivity index (χ1n) is 6.20. The number of nitrogen functional groups attached to an aromatic ring is 1. The van der Waals surface area contributed by atoms with E-state index in [2.05, 4.69) is 35.6 Å². The van der Waals surface area contributed by atoms with Crippen molar-refractivity contribution < 1.29 is 0 Å². The molecule has 17 heavy (non-hydrogen) atoms. The molecule has 1 fully saturated rings. The molecule has 0 bridgehead atoms. The summed E-state index contributed by atoms with van der Waals surface area (Å²) in [7, 11) is 0. The van der Waals surface area contributed by atoms with Crippen LogP contribution in [0.3, 0.4) is 0 Å². The molecule has 0 aliphatic carbocycles. The van der Waals surface area contributed by atoms with Gasteiger partial charge in [0.05, 0.1) is 6.54 Å². The molecule has 2 N–H and O–H groups in total. The summed E-state index contributed by atoms with van der Waals surface area (Å²) in [6, 6.07) is 1.85. The van der Waals surface area contributed by atoms with E-state index in [0.717, 1.165) is 13.1 Å². The molecule has 1 saturated heterocycles. The first-order chi connectivity index (χ1) is 8.05. The van der Waals surface area contributed by atoms with Gasteiger partial charge < -0.3 is 10.6 Å². The number of hydrogen-bond donors (Lipinski definition) is 1. The van der Waals surface area contributed by atoms with Gasteiger partial charge in [0.25, 0.3) is 0 Å². The van der Waals surface area contributed by atoms with Gasteiger partial charge in [-0.1, -0.05) is 13.8 Å². The first-order valence-corrected chi connectivity index (χ1v) is 7.19. The molecule has 4 nitrogen and oxygen atoms in total. The molecule has 0 saturated carbocycles. The maximum atomic E-state index is 5.60. The van der Waals surface area contributed by atoms with Gasteiger partial charge in [-0.2, -0.15) is 16.9 Å². The largest absolute Gasteiger partial charge is 0.382 e. The Bertz CT molecular complexity index is 361. The van der Waals surface area contributed by atoms with E-state index in [1.165, 1.54) is 25.3 Å². The third-order valence-electron chi connectivity index (χ3n) is 3.24. The molecule has 5 heteroatoms. The van der Waals surface area contributed by atoms with Crippen LogP contribution in [0.5, 0.6) is 0 Å². The number of thioether (sulfide) groups is 1. The number of hydrogen-bond acceptors (Lipinski definition) is 4. The molecular formula is C12H22N4S. The molecule has 0 unspecified atom stereocenters. The highest BCUT2D eigenvalue weighted by molar-refractivity contribution is 8.00. The van der Waals surface area contributed by atoms with E-state index in [-0.39, 0.29) is 0 Å². The molecule has 2 heterocycles. The lowest BCUT2D eigenvalue weighted by atomic mass is 10.1. The lowest BCUT2D eigenvalue weighted by Gasteiger charge is -2.22. The zero-order valence-electron chi connectivity index (χ0n) is 10.7. The van der Waals surface area contributed by atoms with Crippen molar-refractivity contribution in [1.82, 2.24) is 14.7 Å². The SMILES string of the molecule is CC1(C)CCN(CCn2ccc(N)n2)CCS1. The lowest BCUT2D eigenvalue weighted by molar-refractivity contribution is 0.268. The molecule has 0 amide bonds. The van der Waals surface area contributed by atoms with E-state index in [1.807, 2.05) is 16.9 Å². The van der Waals surface area contributed by atoms with Crippen molar-refractivity contribution in [2.24, 2.45) is 0 Å². The van der Waals surface area contributed by atoms with Gasteiger partial charge in [0, 0.05) is 29.8 Å². The Labute approximate surface area is 108 Å². The number of nitrogens with zero attached hydrogens (tertiary/aromatic N) is 3. The van der Waals surface area contributed by atoms with Gasteiger partial charge in [-0.05, 0) is 19.0 Å². The molecule has 96 valence electrons. The minimum absolute atomic E-state index is 0.435. The molecule has 1 aliphatic heterocycles. The second-order valence-electron chi connectivity index (χ2n) is 5.20. The van der Waals surface area contributed by atoms with Crippen LogP contribution in [0, 0.1) is 0 Å². The van der Waals surface area contributed by atoms with Crippen molar-refractivity contribution in [3.8, 4) is 0 Å². The van der Waals surface area contributed by atoms with Crippen LogP contribution >= 0.6 is 11.8 Å². The van der Waals surface area contributed by atoms with Gasteiger partial charge in [-0.25, -0.2) is 0 Å². The van der Waals surface area contributed by atoms with Gasteiger partial charge in [0.1, 0.15) is 5.82 Å². The zero-order valence-corrected chi connectivity index (χ0v) is 11.5. The average Bonchev–Trinajstić information content (AvgIpc) is 2.59. The summed E-state index contributed by atoms with van der Waals surface area (Å²) in [5.41, 5.74) is 5.60. The summed E-state index contributed by atoms with van der Waals surface area (Å²) < 4.78 is 2.36. The normalized spacial score (nSPS) is 21.3. The number of rotatable bonds is 3. The zero-order chi connectivity index (χ0) is 12.3. The molecule has 0 atom stereocenters. The highest BCUT2D eigenvalue weighted by Gasteiger charge is 2.23. The smallest absolute Gasteiger partial charge is 0.145 e. The van der Waals surface area contributed by atoms with Crippen LogP contribution in [0.25, 0.3) is 0 Å². The van der Waals surface area contributed by atoms with E-state index in [1.54, 1.807) is 0 Å². The Morgan fingerprint density at radius 2 is 2.24 bits per heavy atom. The standard InChI is InChI=1S/C12H22N4S/c1-12(2)4-6-15(9-10-17-12)7-8-16-5-3-11(13)14-16/h3,5H,4,6-10H2,1-2H3,(H2,13,14). The number of aromatic nitrogens is 2. The van der Waals surface area contributed by atoms with Crippen molar-refractivity contribution in [3.63, 3.8) is 0 Å². The first kappa shape index (κ1) is 12.8. The maximum Gasteiger partial charge on any atom is 0.145 e. The van der Waals surface area contributed by atoms with Crippen LogP contribution in [0.15, 0.2) is 12.3 Å². The Morgan fingerprint density at radius 1 is 1.41 bits per heavy atom. The molecule has 2 rings (SSSR count). The average molecular weight is 254 g/mol. The summed E-state index contributed by atoms with van der Waals surface area (Å²) in [4.78, 5) is 2.53. The summed E-state index contributed by atoms with van der Waals surface area (Å²) >= 11 is 2.09. The van der Waals surface area contributed by atoms with Crippen molar-refractivity contribution in [3.05, 3.63) is 12.3 Å². The highest BCUT2D eigenvalue weighted by atomic mass is 32.2. The molecule has 1 aromatic heterocycles. The quantitative estimate of drug-likeness (QED) is 0.891. The summed E-state index contributed by atoms with van der Waals surface area (Å²) in [5, 5.41) is 4.21. The van der Waals surface area contributed by atoms with Gasteiger partial charge in [-0.3, -0.25) is 4.68 Å². The van der Waals surface area contributed by atoms with Crippen molar-refractivity contribution in [2.45, 2.75) is 31.6 Å². The topological polar surface area (TPSA) is 47.1 Å². The Morgan fingerprint density at radius 3 is 2.94 bits per heavy atom. The minimum atomic E-state index is 0.435. The van der Waals surface area contributed by atoms with Crippen LogP contribution in [-0.2, 0) is 6.54 Å². The van der Waals surface area contributed by atoms with Crippen molar-refractivity contribution >= 4 is 17.6 Å². The lowest BCUT2D eigenvalue weighted by Crippen LogP contribution is -2.30. The minimum Gasteiger partial charge on any atom is -0.382 e. The van der Waals surface area contributed by atoms with E-state index in [4.69, 9.17) is 5.73 Å². The predicted molar refractivity (Wildman–Crippen MR) is 74.2 cm³/mol. The Hall–Kier alpha value is -0.680. The number of nitrogens with two attached hydrogens (primary N) is 1. The monoisotopic (exact) mass is 254 g/mol. The van der Waals surface area contributed by atoms with Gasteiger partial charge in [0.15, 0.2) is 0 Å². The van der Waals surface area contributed by atoms with Crippen LogP contribution in [0.1, 0.15) is 20.3 Å². The molecule has 1 aliphatic rings. The fourth-order valence-corrected chi connectivity index (χ4v) is 3.17. The van der Waals surface area contributed by atoms with Crippen LogP contribution in [0.4, 0.5) is 5.82 Å². The third-order valence-corrected chi connectivity index (χ3v) is 4.61. The molecular weight excluding hydrogens is 232 g/mol. The van der Waals surface area contributed by atoms with E-state index in [0.29, 0.717) is 10.6 Å². The van der Waals surface area contributed by atoms with Crippen LogP contribution in [0.2, 0.25) is 0 Å². The number of anilines is 1. The van der Waals surface area contributed by atoms with E-state index >= 15 is 0 Å². The Balaban J connectivity index is 1.79. The third kappa shape index (κ3) is 3.92. The summed E-state index contributed by atoms with van der Waals surface area (Å²) in [6.07, 6.45) is 3.21. The fourth-order valence-electron chi connectivity index (χ4n) is 2.03. The highest BCUT2D eigenvalue weighted by Crippen LogP contribution is 2.30. The van der Waals surface area contributed by atoms with Crippen molar-refractivity contribution in [1.29, 1.82) is 0 Å².